The summed E-state index contributed by atoms with van der Waals surface area (Å²) >= 11 is 1.38. The molecule has 0 aliphatic rings. The largest absolute Gasteiger partial charge is 0.495 e. The summed E-state index contributed by atoms with van der Waals surface area (Å²) in [6.07, 6.45) is 1.75. The normalized spacial score (nSPS) is 10.5. The van der Waals surface area contributed by atoms with Gasteiger partial charge in [0.2, 0.25) is 0 Å². The smallest absolute Gasteiger partial charge is 0.251 e. The van der Waals surface area contributed by atoms with Gasteiger partial charge in [-0.25, -0.2) is 4.98 Å². The van der Waals surface area contributed by atoms with Crippen LogP contribution in [0.3, 0.4) is 0 Å². The summed E-state index contributed by atoms with van der Waals surface area (Å²) in [4.78, 5) is 19.7. The Bertz CT molecular complexity index is 655. The molecule has 0 spiro atoms. The molecule has 0 radical (unpaired) electrons. The molecule has 2 aromatic rings. The molecule has 0 bridgehead atoms. The van der Waals surface area contributed by atoms with Crippen molar-refractivity contribution in [2.24, 2.45) is 0 Å². The lowest BCUT2D eigenvalue weighted by molar-refractivity contribution is 0.416. The van der Waals surface area contributed by atoms with Crippen LogP contribution in [0, 0.1) is 0 Å². The van der Waals surface area contributed by atoms with E-state index in [2.05, 4.69) is 16.9 Å². The summed E-state index contributed by atoms with van der Waals surface area (Å²) in [5.41, 5.74) is 7.03. The number of nitrogens with one attached hydrogen (secondary N) is 1. The predicted molar refractivity (Wildman–Crippen MR) is 80.4 cm³/mol. The number of anilines is 1. The standard InChI is InChI=1S/C14H17N3O2S/c1-3-4-9-7-13(18)17-14(16-9)20-10-5-6-11(15)12(8-10)19-2/h5-8H,3-4,15H2,1-2H3,(H,16,17,18). The van der Waals surface area contributed by atoms with Crippen LogP contribution in [0.4, 0.5) is 5.69 Å². The number of H-pyrrole nitrogens is 1. The number of methoxy groups -OCH3 is 1. The van der Waals surface area contributed by atoms with Crippen molar-refractivity contribution in [3.63, 3.8) is 0 Å². The Morgan fingerprint density at radius 2 is 2.20 bits per heavy atom. The molecular weight excluding hydrogens is 274 g/mol. The third kappa shape index (κ3) is 3.54. The number of ether oxygens (including phenoxy) is 1. The first-order valence-corrected chi connectivity index (χ1v) is 7.15. The molecule has 6 heteroatoms. The van der Waals surface area contributed by atoms with Gasteiger partial charge >= 0.3 is 0 Å². The zero-order chi connectivity index (χ0) is 14.5. The molecule has 20 heavy (non-hydrogen) atoms. The van der Waals surface area contributed by atoms with Crippen LogP contribution in [0.15, 0.2) is 39.1 Å². The lowest BCUT2D eigenvalue weighted by Gasteiger charge is -2.07. The van der Waals surface area contributed by atoms with Gasteiger partial charge in [0.15, 0.2) is 5.16 Å². The SMILES string of the molecule is CCCc1cc(=O)[nH]c(Sc2ccc(N)c(OC)c2)n1. The number of rotatable bonds is 5. The third-order valence-electron chi connectivity index (χ3n) is 2.70. The molecule has 0 saturated carbocycles. The van der Waals surface area contributed by atoms with Gasteiger partial charge in [0.25, 0.3) is 5.56 Å². The molecule has 0 unspecified atom stereocenters. The van der Waals surface area contributed by atoms with Crippen LogP contribution in [0.25, 0.3) is 0 Å². The third-order valence-corrected chi connectivity index (χ3v) is 3.57. The minimum atomic E-state index is -0.131. The summed E-state index contributed by atoms with van der Waals surface area (Å²) in [6.45, 7) is 2.06. The van der Waals surface area contributed by atoms with E-state index in [1.807, 2.05) is 12.1 Å². The van der Waals surface area contributed by atoms with E-state index < -0.39 is 0 Å². The van der Waals surface area contributed by atoms with Crippen LogP contribution in [0.1, 0.15) is 19.0 Å². The molecule has 0 saturated heterocycles. The monoisotopic (exact) mass is 291 g/mol. The van der Waals surface area contributed by atoms with Crippen LogP contribution < -0.4 is 16.0 Å². The maximum absolute atomic E-state index is 11.6. The highest BCUT2D eigenvalue weighted by Crippen LogP contribution is 2.30. The number of hydrogen-bond donors (Lipinski definition) is 2. The van der Waals surface area contributed by atoms with Gasteiger partial charge in [-0.3, -0.25) is 4.79 Å². The lowest BCUT2D eigenvalue weighted by atomic mass is 10.2. The number of benzene rings is 1. The maximum Gasteiger partial charge on any atom is 0.251 e. The molecule has 3 N–H and O–H groups in total. The average Bonchev–Trinajstić information content (AvgIpc) is 2.40. The molecule has 0 atom stereocenters. The molecule has 0 aliphatic carbocycles. The quantitative estimate of drug-likeness (QED) is 0.653. The highest BCUT2D eigenvalue weighted by atomic mass is 32.2. The zero-order valence-electron chi connectivity index (χ0n) is 11.5. The van der Waals surface area contributed by atoms with Gasteiger partial charge < -0.3 is 15.5 Å². The minimum absolute atomic E-state index is 0.131. The molecule has 1 heterocycles. The van der Waals surface area contributed by atoms with Gasteiger partial charge in [-0.05, 0) is 24.6 Å². The van der Waals surface area contributed by atoms with E-state index in [1.54, 1.807) is 13.2 Å². The number of nitrogen functional groups attached to an aromatic ring is 1. The lowest BCUT2D eigenvalue weighted by Crippen LogP contribution is -2.09. The average molecular weight is 291 g/mol. The van der Waals surface area contributed by atoms with Crippen molar-refractivity contribution in [2.75, 3.05) is 12.8 Å². The summed E-state index contributed by atoms with van der Waals surface area (Å²) < 4.78 is 5.18. The number of hydrogen-bond acceptors (Lipinski definition) is 5. The summed E-state index contributed by atoms with van der Waals surface area (Å²) in [6, 6.07) is 7.01. The number of nitrogens with two attached hydrogens (primary N) is 1. The number of aromatic nitrogens is 2. The van der Waals surface area contributed by atoms with Crippen molar-refractivity contribution >= 4 is 17.4 Å². The van der Waals surface area contributed by atoms with Crippen LogP contribution in [-0.2, 0) is 6.42 Å². The van der Waals surface area contributed by atoms with Crippen LogP contribution in [-0.4, -0.2) is 17.1 Å². The molecule has 1 aromatic carbocycles. The summed E-state index contributed by atoms with van der Waals surface area (Å²) in [5, 5.41) is 0.577. The van der Waals surface area contributed by atoms with Gasteiger partial charge in [-0.15, -0.1) is 0 Å². The summed E-state index contributed by atoms with van der Waals surface area (Å²) in [7, 11) is 1.57. The van der Waals surface area contributed by atoms with Gasteiger partial charge in [0.1, 0.15) is 5.75 Å². The molecular formula is C14H17N3O2S. The van der Waals surface area contributed by atoms with E-state index in [0.717, 1.165) is 23.4 Å². The zero-order valence-corrected chi connectivity index (χ0v) is 12.3. The molecule has 106 valence electrons. The van der Waals surface area contributed by atoms with Gasteiger partial charge in [0, 0.05) is 16.7 Å². The van der Waals surface area contributed by atoms with Crippen molar-refractivity contribution in [3.8, 4) is 5.75 Å². The van der Waals surface area contributed by atoms with Crippen molar-refractivity contribution in [2.45, 2.75) is 29.8 Å². The first-order valence-electron chi connectivity index (χ1n) is 6.34. The first kappa shape index (κ1) is 14.5. The fraction of sp³-hybridized carbons (Fsp3) is 0.286. The van der Waals surface area contributed by atoms with Crippen molar-refractivity contribution < 1.29 is 4.74 Å². The second-order valence-corrected chi connectivity index (χ2v) is 5.36. The fourth-order valence-electron chi connectivity index (χ4n) is 1.78. The highest BCUT2D eigenvalue weighted by molar-refractivity contribution is 7.99. The fourth-order valence-corrected chi connectivity index (χ4v) is 2.62. The van der Waals surface area contributed by atoms with E-state index in [1.165, 1.54) is 17.8 Å². The predicted octanol–water partition coefficient (Wildman–Crippen LogP) is 2.46. The molecule has 0 amide bonds. The molecule has 2 rings (SSSR count). The molecule has 0 fully saturated rings. The van der Waals surface area contributed by atoms with E-state index in [0.29, 0.717) is 16.6 Å². The topological polar surface area (TPSA) is 81.0 Å². The highest BCUT2D eigenvalue weighted by Gasteiger charge is 2.06. The van der Waals surface area contributed by atoms with Crippen LogP contribution >= 0.6 is 11.8 Å². The first-order chi connectivity index (χ1) is 9.62. The van der Waals surface area contributed by atoms with Crippen molar-refractivity contribution in [1.29, 1.82) is 0 Å². The van der Waals surface area contributed by atoms with E-state index in [4.69, 9.17) is 10.5 Å². The summed E-state index contributed by atoms with van der Waals surface area (Å²) in [5.74, 6) is 0.613. The second-order valence-electron chi connectivity index (χ2n) is 4.30. The Hall–Kier alpha value is -1.95. The minimum Gasteiger partial charge on any atom is -0.495 e. The number of aromatic amines is 1. The van der Waals surface area contributed by atoms with Crippen LogP contribution in [0.2, 0.25) is 0 Å². The Labute approximate surface area is 121 Å². The number of nitrogens with zero attached hydrogens (tertiary/aromatic N) is 1. The maximum atomic E-state index is 11.6. The molecule has 1 aromatic heterocycles. The van der Waals surface area contributed by atoms with Gasteiger partial charge in [0.05, 0.1) is 12.8 Å². The Balaban J connectivity index is 2.27. The van der Waals surface area contributed by atoms with Crippen LogP contribution in [0.5, 0.6) is 5.75 Å². The van der Waals surface area contributed by atoms with Crippen molar-refractivity contribution in [1.82, 2.24) is 9.97 Å². The van der Waals surface area contributed by atoms with Gasteiger partial charge in [-0.1, -0.05) is 25.1 Å². The van der Waals surface area contributed by atoms with E-state index in [-0.39, 0.29) is 5.56 Å². The van der Waals surface area contributed by atoms with Gasteiger partial charge in [-0.2, -0.15) is 0 Å². The van der Waals surface area contributed by atoms with Crippen molar-refractivity contribution in [3.05, 3.63) is 40.3 Å². The van der Waals surface area contributed by atoms with E-state index >= 15 is 0 Å². The molecule has 0 aliphatic heterocycles. The Morgan fingerprint density at radius 3 is 2.90 bits per heavy atom. The second kappa shape index (κ2) is 6.47. The van der Waals surface area contributed by atoms with E-state index in [9.17, 15) is 4.79 Å². The Kier molecular flexibility index (Phi) is 4.68. The number of aryl methyl sites for hydroxylation is 1. The molecule has 5 nitrogen and oxygen atoms in total. The Morgan fingerprint density at radius 1 is 1.40 bits per heavy atom.